The highest BCUT2D eigenvalue weighted by Gasteiger charge is 2.44. The minimum atomic E-state index is -3.59. The van der Waals surface area contributed by atoms with Gasteiger partial charge in [-0.15, -0.1) is 0 Å². The van der Waals surface area contributed by atoms with Crippen LogP contribution in [0.4, 0.5) is 5.69 Å². The highest BCUT2D eigenvalue weighted by atomic mass is 35.5. The molecule has 0 radical (unpaired) electrons. The van der Waals surface area contributed by atoms with Gasteiger partial charge in [0.05, 0.1) is 18.8 Å². The van der Waals surface area contributed by atoms with Crippen LogP contribution in [0, 0.1) is 0 Å². The molecule has 1 aliphatic rings. The summed E-state index contributed by atoms with van der Waals surface area (Å²) in [6.07, 6.45) is 0.762. The highest BCUT2D eigenvalue weighted by molar-refractivity contribution is 7.90. The third-order valence-corrected chi connectivity index (χ3v) is 6.47. The zero-order valence-corrected chi connectivity index (χ0v) is 15.8. The highest BCUT2D eigenvalue weighted by Crippen LogP contribution is 2.39. The van der Waals surface area contributed by atoms with Crippen molar-refractivity contribution in [3.05, 3.63) is 59.1 Å². The molecule has 1 fully saturated rings. The van der Waals surface area contributed by atoms with Crippen molar-refractivity contribution in [2.24, 2.45) is 0 Å². The van der Waals surface area contributed by atoms with Gasteiger partial charge in [-0.25, -0.2) is 4.31 Å². The largest absolute Gasteiger partial charge is 0.497 e. The number of anilines is 1. The number of halogens is 1. The fraction of sp³-hybridized carbons (Fsp3) is 0.333. The van der Waals surface area contributed by atoms with E-state index in [-0.39, 0.29) is 6.04 Å². The summed E-state index contributed by atoms with van der Waals surface area (Å²) in [6.45, 7) is 2.87. The van der Waals surface area contributed by atoms with Crippen molar-refractivity contribution < 1.29 is 13.2 Å². The van der Waals surface area contributed by atoms with E-state index in [0.29, 0.717) is 29.5 Å². The lowest BCUT2D eigenvalue weighted by Crippen LogP contribution is -2.34. The lowest BCUT2D eigenvalue weighted by Gasteiger charge is -2.25. The van der Waals surface area contributed by atoms with E-state index in [9.17, 15) is 8.42 Å². The average Bonchev–Trinajstić information content (AvgIpc) is 2.87. The molecule has 0 saturated carbocycles. The molecule has 0 bridgehead atoms. The number of ether oxygens (including phenoxy) is 1. The SMILES string of the molecule is CCCN1C[C@H](c2cccc(OC)c2)N(c2ccc(Cl)cc2)S1(=O)=O. The standard InChI is InChI=1S/C18H21ClN2O3S/c1-3-11-20-13-18(14-5-4-6-17(12-14)24-2)21(25(20,22)23)16-9-7-15(19)8-10-16/h4-10,12,18H,3,11,13H2,1-2H3/t18-/m1/s1. The van der Waals surface area contributed by atoms with Crippen LogP contribution in [0.25, 0.3) is 0 Å². The summed E-state index contributed by atoms with van der Waals surface area (Å²) in [6, 6.07) is 14.1. The lowest BCUT2D eigenvalue weighted by molar-refractivity contribution is 0.412. The maximum Gasteiger partial charge on any atom is 0.304 e. The normalized spacial score (nSPS) is 20.0. The molecule has 1 saturated heterocycles. The molecule has 0 aliphatic carbocycles. The zero-order chi connectivity index (χ0) is 18.0. The second-order valence-corrected chi connectivity index (χ2v) is 8.17. The first-order chi connectivity index (χ1) is 12.0. The number of hydrogen-bond acceptors (Lipinski definition) is 3. The number of hydrogen-bond donors (Lipinski definition) is 0. The molecular formula is C18H21ClN2O3S. The fourth-order valence-corrected chi connectivity index (χ4v) is 5.11. The van der Waals surface area contributed by atoms with Gasteiger partial charge in [0, 0.05) is 18.1 Å². The predicted octanol–water partition coefficient (Wildman–Crippen LogP) is 3.87. The Hall–Kier alpha value is -1.76. The van der Waals surface area contributed by atoms with Crippen LogP contribution in [0.15, 0.2) is 48.5 Å². The number of nitrogens with zero attached hydrogens (tertiary/aromatic N) is 2. The number of benzene rings is 2. The molecule has 0 amide bonds. The van der Waals surface area contributed by atoms with E-state index in [1.165, 1.54) is 8.61 Å². The van der Waals surface area contributed by atoms with Gasteiger partial charge in [0.25, 0.3) is 0 Å². The van der Waals surface area contributed by atoms with E-state index in [2.05, 4.69) is 0 Å². The molecule has 1 heterocycles. The summed E-state index contributed by atoms with van der Waals surface area (Å²) in [5, 5.41) is 0.573. The van der Waals surface area contributed by atoms with Gasteiger partial charge in [0.1, 0.15) is 5.75 Å². The summed E-state index contributed by atoms with van der Waals surface area (Å²) in [7, 11) is -1.99. The Morgan fingerprint density at radius 1 is 1.20 bits per heavy atom. The Kier molecular flexibility index (Phi) is 5.22. The first-order valence-electron chi connectivity index (χ1n) is 8.16. The van der Waals surface area contributed by atoms with Gasteiger partial charge in [-0.2, -0.15) is 12.7 Å². The second kappa shape index (κ2) is 7.23. The zero-order valence-electron chi connectivity index (χ0n) is 14.2. The Labute approximate surface area is 154 Å². The molecule has 3 rings (SSSR count). The van der Waals surface area contributed by atoms with E-state index >= 15 is 0 Å². The molecular weight excluding hydrogens is 360 g/mol. The minimum Gasteiger partial charge on any atom is -0.497 e. The Morgan fingerprint density at radius 2 is 1.92 bits per heavy atom. The van der Waals surface area contributed by atoms with Crippen molar-refractivity contribution in [3.8, 4) is 5.75 Å². The molecule has 0 spiro atoms. The Morgan fingerprint density at radius 3 is 2.56 bits per heavy atom. The molecule has 0 aromatic heterocycles. The van der Waals surface area contributed by atoms with Gasteiger partial charge in [-0.1, -0.05) is 30.7 Å². The van der Waals surface area contributed by atoms with Gasteiger partial charge >= 0.3 is 10.2 Å². The molecule has 1 aliphatic heterocycles. The Balaban J connectivity index is 2.08. The van der Waals surface area contributed by atoms with Gasteiger partial charge in [0.2, 0.25) is 0 Å². The molecule has 7 heteroatoms. The van der Waals surface area contributed by atoms with Gasteiger partial charge in [-0.3, -0.25) is 0 Å². The molecule has 2 aromatic carbocycles. The maximum absolute atomic E-state index is 13.1. The van der Waals surface area contributed by atoms with Crippen LogP contribution in [0.5, 0.6) is 5.75 Å². The quantitative estimate of drug-likeness (QED) is 0.791. The molecule has 134 valence electrons. The monoisotopic (exact) mass is 380 g/mol. The minimum absolute atomic E-state index is 0.312. The van der Waals surface area contributed by atoms with Gasteiger partial charge in [-0.05, 0) is 48.4 Å². The molecule has 1 atom stereocenters. The van der Waals surface area contributed by atoms with Gasteiger partial charge < -0.3 is 4.74 Å². The third-order valence-electron chi connectivity index (χ3n) is 4.27. The van der Waals surface area contributed by atoms with Crippen LogP contribution >= 0.6 is 11.6 Å². The first kappa shape index (κ1) is 18.0. The smallest absolute Gasteiger partial charge is 0.304 e. The average molecular weight is 381 g/mol. The summed E-state index contributed by atoms with van der Waals surface area (Å²) in [4.78, 5) is 0. The van der Waals surface area contributed by atoms with Crippen LogP contribution in [-0.4, -0.2) is 32.9 Å². The van der Waals surface area contributed by atoms with Gasteiger partial charge in [0.15, 0.2) is 0 Å². The van der Waals surface area contributed by atoms with Crippen molar-refractivity contribution in [2.75, 3.05) is 24.5 Å². The van der Waals surface area contributed by atoms with Crippen LogP contribution in [0.2, 0.25) is 5.02 Å². The number of rotatable bonds is 5. The molecule has 2 aromatic rings. The van der Waals surface area contributed by atoms with Crippen molar-refractivity contribution in [1.29, 1.82) is 0 Å². The maximum atomic E-state index is 13.1. The van der Waals surface area contributed by atoms with Crippen molar-refractivity contribution in [2.45, 2.75) is 19.4 Å². The van der Waals surface area contributed by atoms with E-state index in [4.69, 9.17) is 16.3 Å². The van der Waals surface area contributed by atoms with E-state index in [1.807, 2.05) is 31.2 Å². The van der Waals surface area contributed by atoms with Crippen molar-refractivity contribution in [1.82, 2.24) is 4.31 Å². The molecule has 0 unspecified atom stereocenters. The predicted molar refractivity (Wildman–Crippen MR) is 100 cm³/mol. The second-order valence-electron chi connectivity index (χ2n) is 5.93. The van der Waals surface area contributed by atoms with E-state index in [0.717, 1.165) is 12.0 Å². The van der Waals surface area contributed by atoms with Crippen LogP contribution in [0.3, 0.4) is 0 Å². The van der Waals surface area contributed by atoms with E-state index in [1.54, 1.807) is 31.4 Å². The van der Waals surface area contributed by atoms with Crippen LogP contribution in [-0.2, 0) is 10.2 Å². The molecule has 25 heavy (non-hydrogen) atoms. The van der Waals surface area contributed by atoms with Crippen LogP contribution in [0.1, 0.15) is 24.9 Å². The van der Waals surface area contributed by atoms with Crippen molar-refractivity contribution in [3.63, 3.8) is 0 Å². The summed E-state index contributed by atoms with van der Waals surface area (Å²) < 4.78 is 34.5. The number of methoxy groups -OCH3 is 1. The fourth-order valence-electron chi connectivity index (χ4n) is 3.09. The summed E-state index contributed by atoms with van der Waals surface area (Å²) in [5.41, 5.74) is 1.51. The summed E-state index contributed by atoms with van der Waals surface area (Å²) >= 11 is 5.97. The molecule has 5 nitrogen and oxygen atoms in total. The topological polar surface area (TPSA) is 49.9 Å². The molecule has 0 N–H and O–H groups in total. The lowest BCUT2D eigenvalue weighted by atomic mass is 10.1. The Bertz CT molecular complexity index is 840. The summed E-state index contributed by atoms with van der Waals surface area (Å²) in [5.74, 6) is 0.708. The van der Waals surface area contributed by atoms with Crippen molar-refractivity contribution >= 4 is 27.5 Å². The third kappa shape index (κ3) is 3.47. The van der Waals surface area contributed by atoms with E-state index < -0.39 is 10.2 Å². The first-order valence-corrected chi connectivity index (χ1v) is 9.94. The van der Waals surface area contributed by atoms with Crippen LogP contribution < -0.4 is 9.04 Å².